The van der Waals surface area contributed by atoms with Crippen LogP contribution in [0.1, 0.15) is 58.8 Å². The van der Waals surface area contributed by atoms with Crippen LogP contribution in [0, 0.1) is 5.92 Å². The third kappa shape index (κ3) is 4.79. The van der Waals surface area contributed by atoms with Gasteiger partial charge in [0.25, 0.3) is 5.56 Å². The standard InChI is InChI=1S/C23H31N5O2S/c1-3-4-7-14-27-21(30)18-8-5-6-9-19(18)28-22(27)25-26-23(28)31-15-20(29)24-17-12-10-16(2)11-13-17/h5-6,8-9,16-17H,3-4,7,10-15H2,1-2H3,(H,24,29). The number of nitrogens with zero attached hydrogens (tertiary/aromatic N) is 4. The van der Waals surface area contributed by atoms with Gasteiger partial charge in [0, 0.05) is 12.6 Å². The first-order valence-corrected chi connectivity index (χ1v) is 12.4. The van der Waals surface area contributed by atoms with Gasteiger partial charge in [0.1, 0.15) is 0 Å². The number of hydrogen-bond donors (Lipinski definition) is 1. The van der Waals surface area contributed by atoms with E-state index in [0.717, 1.165) is 43.5 Å². The first kappa shape index (κ1) is 21.9. The molecule has 2 aromatic heterocycles. The second-order valence-electron chi connectivity index (χ2n) is 8.61. The van der Waals surface area contributed by atoms with Crippen LogP contribution in [0.4, 0.5) is 0 Å². The van der Waals surface area contributed by atoms with E-state index in [1.807, 2.05) is 28.7 Å². The van der Waals surface area contributed by atoms with Crippen LogP contribution in [0.2, 0.25) is 0 Å². The molecule has 0 unspecified atom stereocenters. The number of aryl methyl sites for hydroxylation is 1. The summed E-state index contributed by atoms with van der Waals surface area (Å²) in [5.41, 5.74) is 0.746. The molecular weight excluding hydrogens is 410 g/mol. The van der Waals surface area contributed by atoms with Crippen LogP contribution in [0.3, 0.4) is 0 Å². The molecule has 1 N–H and O–H groups in total. The minimum atomic E-state index is -0.0348. The maximum Gasteiger partial charge on any atom is 0.262 e. The van der Waals surface area contributed by atoms with Crippen molar-refractivity contribution < 1.29 is 4.79 Å². The Kier molecular flexibility index (Phi) is 6.95. The van der Waals surface area contributed by atoms with Crippen LogP contribution < -0.4 is 10.9 Å². The van der Waals surface area contributed by atoms with Crippen molar-refractivity contribution in [2.75, 3.05) is 5.75 Å². The Balaban J connectivity index is 1.57. The number of carbonyl (C=O) groups is 1. The van der Waals surface area contributed by atoms with E-state index in [9.17, 15) is 9.59 Å². The fourth-order valence-corrected chi connectivity index (χ4v) is 5.10. The molecule has 0 spiro atoms. The lowest BCUT2D eigenvalue weighted by molar-refractivity contribution is -0.119. The Morgan fingerprint density at radius 2 is 1.94 bits per heavy atom. The highest BCUT2D eigenvalue weighted by molar-refractivity contribution is 7.99. The highest BCUT2D eigenvalue weighted by Crippen LogP contribution is 2.24. The van der Waals surface area contributed by atoms with E-state index in [-0.39, 0.29) is 23.3 Å². The van der Waals surface area contributed by atoms with Gasteiger partial charge in [0.2, 0.25) is 11.7 Å². The molecule has 1 aromatic carbocycles. The normalized spacial score (nSPS) is 19.2. The Labute approximate surface area is 186 Å². The Morgan fingerprint density at radius 1 is 1.16 bits per heavy atom. The number of thioether (sulfide) groups is 1. The zero-order valence-corrected chi connectivity index (χ0v) is 19.2. The number of rotatable bonds is 8. The van der Waals surface area contributed by atoms with E-state index in [1.54, 1.807) is 4.57 Å². The fourth-order valence-electron chi connectivity index (χ4n) is 4.35. The zero-order valence-electron chi connectivity index (χ0n) is 18.3. The van der Waals surface area contributed by atoms with Crippen LogP contribution >= 0.6 is 11.8 Å². The summed E-state index contributed by atoms with van der Waals surface area (Å²) in [6.07, 6.45) is 7.52. The van der Waals surface area contributed by atoms with Crippen LogP contribution in [-0.4, -0.2) is 36.9 Å². The zero-order chi connectivity index (χ0) is 21.8. The predicted octanol–water partition coefficient (Wildman–Crippen LogP) is 4.02. The number of fused-ring (bicyclic) bond motifs is 3. The first-order valence-electron chi connectivity index (χ1n) is 11.4. The molecule has 1 saturated carbocycles. The number of nitrogens with one attached hydrogen (secondary N) is 1. The number of hydrogen-bond acceptors (Lipinski definition) is 5. The number of amides is 1. The molecule has 8 heteroatoms. The molecule has 3 aromatic rings. The van der Waals surface area contributed by atoms with Crippen molar-refractivity contribution in [3.05, 3.63) is 34.6 Å². The van der Waals surface area contributed by atoms with E-state index in [2.05, 4.69) is 29.4 Å². The lowest BCUT2D eigenvalue weighted by Crippen LogP contribution is -2.38. The number of para-hydroxylation sites is 1. The van der Waals surface area contributed by atoms with Gasteiger partial charge in [-0.3, -0.25) is 18.6 Å². The predicted molar refractivity (Wildman–Crippen MR) is 125 cm³/mol. The van der Waals surface area contributed by atoms with Crippen molar-refractivity contribution in [2.45, 2.75) is 76.5 Å². The summed E-state index contributed by atoms with van der Waals surface area (Å²) in [4.78, 5) is 25.6. The molecule has 0 aliphatic heterocycles. The van der Waals surface area contributed by atoms with E-state index in [4.69, 9.17) is 0 Å². The molecule has 2 heterocycles. The quantitative estimate of drug-likeness (QED) is 0.422. The fraction of sp³-hybridized carbons (Fsp3) is 0.565. The minimum absolute atomic E-state index is 0.0295. The van der Waals surface area contributed by atoms with Crippen molar-refractivity contribution in [1.29, 1.82) is 0 Å². The van der Waals surface area contributed by atoms with Crippen LogP contribution in [0.15, 0.2) is 34.2 Å². The van der Waals surface area contributed by atoms with Crippen molar-refractivity contribution in [3.63, 3.8) is 0 Å². The van der Waals surface area contributed by atoms with E-state index in [1.165, 1.54) is 24.6 Å². The molecule has 0 radical (unpaired) electrons. The molecular formula is C23H31N5O2S. The van der Waals surface area contributed by atoms with Crippen molar-refractivity contribution in [3.8, 4) is 0 Å². The monoisotopic (exact) mass is 441 g/mol. The van der Waals surface area contributed by atoms with Gasteiger partial charge in [0.15, 0.2) is 5.16 Å². The summed E-state index contributed by atoms with van der Waals surface area (Å²) in [5.74, 6) is 1.62. The van der Waals surface area contributed by atoms with E-state index < -0.39 is 0 Å². The summed E-state index contributed by atoms with van der Waals surface area (Å²) < 4.78 is 3.64. The molecule has 1 amide bonds. The van der Waals surface area contributed by atoms with Gasteiger partial charge in [-0.2, -0.15) is 0 Å². The maximum absolute atomic E-state index is 13.1. The molecule has 4 rings (SSSR count). The van der Waals surface area contributed by atoms with Gasteiger partial charge < -0.3 is 5.32 Å². The van der Waals surface area contributed by atoms with Crippen LogP contribution in [0.5, 0.6) is 0 Å². The van der Waals surface area contributed by atoms with Crippen molar-refractivity contribution >= 4 is 34.3 Å². The summed E-state index contributed by atoms with van der Waals surface area (Å²) in [6, 6.07) is 7.83. The summed E-state index contributed by atoms with van der Waals surface area (Å²) >= 11 is 1.37. The Bertz CT molecular complexity index is 1110. The molecule has 31 heavy (non-hydrogen) atoms. The second kappa shape index (κ2) is 9.85. The highest BCUT2D eigenvalue weighted by atomic mass is 32.2. The largest absolute Gasteiger partial charge is 0.353 e. The average Bonchev–Trinajstić information content (AvgIpc) is 3.20. The Morgan fingerprint density at radius 3 is 2.71 bits per heavy atom. The molecule has 1 aliphatic rings. The van der Waals surface area contributed by atoms with Gasteiger partial charge in [-0.25, -0.2) is 0 Å². The van der Waals surface area contributed by atoms with E-state index in [0.29, 0.717) is 22.9 Å². The number of carbonyl (C=O) groups excluding carboxylic acids is 1. The van der Waals surface area contributed by atoms with Gasteiger partial charge in [0.05, 0.1) is 16.7 Å². The molecule has 7 nitrogen and oxygen atoms in total. The van der Waals surface area contributed by atoms with Crippen molar-refractivity contribution in [1.82, 2.24) is 24.5 Å². The topological polar surface area (TPSA) is 81.3 Å². The molecule has 0 saturated heterocycles. The number of aromatic nitrogens is 4. The molecule has 0 bridgehead atoms. The molecule has 0 atom stereocenters. The smallest absolute Gasteiger partial charge is 0.262 e. The highest BCUT2D eigenvalue weighted by Gasteiger charge is 2.21. The maximum atomic E-state index is 13.1. The molecule has 166 valence electrons. The minimum Gasteiger partial charge on any atom is -0.353 e. The lowest BCUT2D eigenvalue weighted by Gasteiger charge is -2.26. The SMILES string of the molecule is CCCCCn1c(=O)c2ccccc2n2c(SCC(=O)NC3CCC(C)CC3)nnc12. The van der Waals surface area contributed by atoms with Gasteiger partial charge in [-0.15, -0.1) is 10.2 Å². The van der Waals surface area contributed by atoms with Gasteiger partial charge >= 0.3 is 0 Å². The van der Waals surface area contributed by atoms with Gasteiger partial charge in [-0.1, -0.05) is 50.6 Å². The average molecular weight is 442 g/mol. The summed E-state index contributed by atoms with van der Waals surface area (Å²) in [5, 5.41) is 13.1. The van der Waals surface area contributed by atoms with Crippen molar-refractivity contribution in [2.24, 2.45) is 5.92 Å². The number of unbranched alkanes of at least 4 members (excludes halogenated alkanes) is 2. The summed E-state index contributed by atoms with van der Waals surface area (Å²) in [6.45, 7) is 5.03. The molecule has 1 fully saturated rings. The van der Waals surface area contributed by atoms with Crippen LogP contribution in [-0.2, 0) is 11.3 Å². The third-order valence-corrected chi connectivity index (χ3v) is 7.11. The third-order valence-electron chi connectivity index (χ3n) is 6.18. The second-order valence-corrected chi connectivity index (χ2v) is 9.55. The van der Waals surface area contributed by atoms with E-state index >= 15 is 0 Å². The van der Waals surface area contributed by atoms with Gasteiger partial charge in [-0.05, 0) is 50.2 Å². The lowest BCUT2D eigenvalue weighted by atomic mass is 9.87. The Hall–Kier alpha value is -2.35. The number of benzene rings is 1. The first-order chi connectivity index (χ1) is 15.1. The molecule has 1 aliphatic carbocycles. The summed E-state index contributed by atoms with van der Waals surface area (Å²) in [7, 11) is 0. The van der Waals surface area contributed by atoms with Crippen LogP contribution in [0.25, 0.3) is 16.7 Å².